The van der Waals surface area contributed by atoms with Gasteiger partial charge in [0.1, 0.15) is 6.42 Å². The van der Waals surface area contributed by atoms with Gasteiger partial charge < -0.3 is 5.73 Å². The van der Waals surface area contributed by atoms with E-state index in [1.54, 1.807) is 27.7 Å². The van der Waals surface area contributed by atoms with Gasteiger partial charge in [-0.15, -0.1) is 0 Å². The first-order chi connectivity index (χ1) is 8.59. The number of rotatable bonds is 2. The van der Waals surface area contributed by atoms with Crippen molar-refractivity contribution in [1.82, 2.24) is 9.80 Å². The molecular weight excluding hydrogens is 246 g/mol. The summed E-state index contributed by atoms with van der Waals surface area (Å²) in [4.78, 5) is 37.1. The van der Waals surface area contributed by atoms with Crippen molar-refractivity contribution in [2.24, 2.45) is 5.73 Å². The maximum Gasteiger partial charge on any atom is 0.333 e. The minimum atomic E-state index is -0.499. The lowest BCUT2D eigenvalue weighted by atomic mass is 10.2. The highest BCUT2D eigenvalue weighted by Crippen LogP contribution is 2.17. The van der Waals surface area contributed by atoms with Gasteiger partial charge in [-0.2, -0.15) is 0 Å². The Hall–Kier alpha value is -1.43. The topological polar surface area (TPSA) is 83.7 Å². The normalized spacial score (nSPS) is 16.4. The van der Waals surface area contributed by atoms with Crippen molar-refractivity contribution in [3.05, 3.63) is 0 Å². The molecule has 0 unspecified atom stereocenters. The summed E-state index contributed by atoms with van der Waals surface area (Å²) in [5, 5.41) is 0. The summed E-state index contributed by atoms with van der Waals surface area (Å²) in [7, 11) is 0. The van der Waals surface area contributed by atoms with E-state index in [1.807, 2.05) is 13.8 Å². The van der Waals surface area contributed by atoms with E-state index in [0.717, 1.165) is 9.80 Å². The van der Waals surface area contributed by atoms with Crippen LogP contribution in [0.3, 0.4) is 0 Å². The standard InChI is InChI=1S/C10H16N2O3.C3H9N/c1-6(2)11-8(13)5-9(14)12(7(3)4)10(11)15;1-3(2)4/h6-7H,5H2,1-4H3;3H,4H2,1-2H3. The first-order valence-corrected chi connectivity index (χ1v) is 6.53. The van der Waals surface area contributed by atoms with E-state index in [0.29, 0.717) is 6.04 Å². The molecule has 2 N–H and O–H groups in total. The second kappa shape index (κ2) is 7.23. The van der Waals surface area contributed by atoms with Crippen molar-refractivity contribution in [1.29, 1.82) is 0 Å². The zero-order valence-corrected chi connectivity index (χ0v) is 12.6. The average molecular weight is 271 g/mol. The van der Waals surface area contributed by atoms with Crippen LogP contribution in [-0.4, -0.2) is 45.8 Å². The smallest absolute Gasteiger partial charge is 0.328 e. The van der Waals surface area contributed by atoms with Gasteiger partial charge in [0.15, 0.2) is 0 Å². The predicted molar refractivity (Wildman–Crippen MR) is 73.3 cm³/mol. The van der Waals surface area contributed by atoms with Crippen molar-refractivity contribution in [2.45, 2.75) is 66.1 Å². The summed E-state index contributed by atoms with van der Waals surface area (Å²) in [6, 6.07) is -0.583. The fourth-order valence-electron chi connectivity index (χ4n) is 1.65. The Kier molecular flexibility index (Phi) is 6.69. The summed E-state index contributed by atoms with van der Waals surface area (Å²) in [5.41, 5.74) is 5.11. The molecule has 0 spiro atoms. The number of hydrogen-bond donors (Lipinski definition) is 1. The molecule has 0 aliphatic carbocycles. The van der Waals surface area contributed by atoms with Crippen LogP contribution in [0.15, 0.2) is 0 Å². The summed E-state index contributed by atoms with van der Waals surface area (Å²) in [6.07, 6.45) is -0.206. The molecule has 1 rings (SSSR count). The lowest BCUT2D eigenvalue weighted by Crippen LogP contribution is -2.59. The highest BCUT2D eigenvalue weighted by molar-refractivity contribution is 6.14. The molecule has 0 aromatic rings. The van der Waals surface area contributed by atoms with Gasteiger partial charge in [-0.05, 0) is 33.7 Å². The van der Waals surface area contributed by atoms with Crippen molar-refractivity contribution in [2.75, 3.05) is 0 Å². The summed E-state index contributed by atoms with van der Waals surface area (Å²) < 4.78 is 0. The van der Waals surface area contributed by atoms with Gasteiger partial charge in [0.05, 0.1) is 0 Å². The highest BCUT2D eigenvalue weighted by Gasteiger charge is 2.40. The Bertz CT molecular complexity index is 320. The molecule has 4 amide bonds. The number of urea groups is 1. The first-order valence-electron chi connectivity index (χ1n) is 6.53. The molecule has 110 valence electrons. The van der Waals surface area contributed by atoms with Gasteiger partial charge in [-0.3, -0.25) is 19.4 Å². The number of carbonyl (C=O) groups excluding carboxylic acids is 3. The summed E-state index contributed by atoms with van der Waals surface area (Å²) >= 11 is 0. The third-order valence-corrected chi connectivity index (χ3v) is 2.28. The number of hydrogen-bond acceptors (Lipinski definition) is 4. The van der Waals surface area contributed by atoms with Crippen LogP contribution in [0.25, 0.3) is 0 Å². The lowest BCUT2D eigenvalue weighted by molar-refractivity contribution is -0.144. The molecule has 0 saturated carbocycles. The minimum Gasteiger partial charge on any atom is -0.328 e. The van der Waals surface area contributed by atoms with Crippen LogP contribution in [0.2, 0.25) is 0 Å². The molecule has 0 aromatic carbocycles. The molecule has 6 heteroatoms. The number of barbiturate groups is 1. The third kappa shape index (κ3) is 4.98. The Morgan fingerprint density at radius 2 is 1.11 bits per heavy atom. The van der Waals surface area contributed by atoms with Crippen LogP contribution in [0.4, 0.5) is 4.79 Å². The first kappa shape index (κ1) is 17.6. The molecule has 19 heavy (non-hydrogen) atoms. The molecule has 0 aromatic heterocycles. The Balaban J connectivity index is 0.000000711. The fraction of sp³-hybridized carbons (Fsp3) is 0.769. The zero-order chi connectivity index (χ0) is 15.3. The van der Waals surface area contributed by atoms with Crippen LogP contribution in [-0.2, 0) is 9.59 Å². The molecule has 1 aliphatic heterocycles. The third-order valence-electron chi connectivity index (χ3n) is 2.28. The number of nitrogens with zero attached hydrogens (tertiary/aromatic N) is 2. The zero-order valence-electron chi connectivity index (χ0n) is 12.6. The van der Waals surface area contributed by atoms with E-state index in [4.69, 9.17) is 5.73 Å². The van der Waals surface area contributed by atoms with Gasteiger partial charge >= 0.3 is 6.03 Å². The Labute approximate surface area is 114 Å². The van der Waals surface area contributed by atoms with Crippen molar-refractivity contribution >= 4 is 17.8 Å². The second-order valence-corrected chi connectivity index (χ2v) is 5.42. The van der Waals surface area contributed by atoms with E-state index in [1.165, 1.54) is 0 Å². The van der Waals surface area contributed by atoms with E-state index < -0.39 is 17.8 Å². The van der Waals surface area contributed by atoms with E-state index in [9.17, 15) is 14.4 Å². The second-order valence-electron chi connectivity index (χ2n) is 5.42. The largest absolute Gasteiger partial charge is 0.333 e. The maximum atomic E-state index is 11.8. The highest BCUT2D eigenvalue weighted by atomic mass is 16.2. The SMILES string of the molecule is CC(C)N.CC(C)N1C(=O)CC(=O)N(C(C)C)C1=O. The molecular formula is C13H25N3O3. The molecule has 0 bridgehead atoms. The molecule has 1 heterocycles. The monoisotopic (exact) mass is 271 g/mol. The average Bonchev–Trinajstić information content (AvgIpc) is 2.12. The summed E-state index contributed by atoms with van der Waals surface area (Å²) in [5.74, 6) is -0.811. The minimum absolute atomic E-state index is 0.206. The molecule has 1 fully saturated rings. The van der Waals surface area contributed by atoms with Gasteiger partial charge in [-0.25, -0.2) is 4.79 Å². The molecule has 1 saturated heterocycles. The van der Waals surface area contributed by atoms with E-state index in [2.05, 4.69) is 0 Å². The maximum absolute atomic E-state index is 11.8. The van der Waals surface area contributed by atoms with Gasteiger partial charge in [0.25, 0.3) is 0 Å². The van der Waals surface area contributed by atoms with Gasteiger partial charge in [-0.1, -0.05) is 13.8 Å². The van der Waals surface area contributed by atoms with Crippen LogP contribution >= 0.6 is 0 Å². The van der Waals surface area contributed by atoms with Crippen molar-refractivity contribution < 1.29 is 14.4 Å². The molecule has 0 atom stereocenters. The van der Waals surface area contributed by atoms with Crippen molar-refractivity contribution in [3.8, 4) is 0 Å². The van der Waals surface area contributed by atoms with Crippen LogP contribution in [0, 0.1) is 0 Å². The van der Waals surface area contributed by atoms with Crippen LogP contribution < -0.4 is 5.73 Å². The predicted octanol–water partition coefficient (Wildman–Crippen LogP) is 1.34. The number of nitrogens with two attached hydrogens (primary N) is 1. The number of carbonyl (C=O) groups is 3. The molecule has 6 nitrogen and oxygen atoms in total. The number of imide groups is 2. The molecule has 1 aliphatic rings. The Morgan fingerprint density at radius 1 is 0.842 bits per heavy atom. The van der Waals surface area contributed by atoms with Gasteiger partial charge in [0.2, 0.25) is 11.8 Å². The number of amides is 4. The van der Waals surface area contributed by atoms with E-state index in [-0.39, 0.29) is 18.5 Å². The van der Waals surface area contributed by atoms with Crippen LogP contribution in [0.5, 0.6) is 0 Å². The quantitative estimate of drug-likeness (QED) is 0.768. The summed E-state index contributed by atoms with van der Waals surface area (Å²) in [6.45, 7) is 10.9. The van der Waals surface area contributed by atoms with Crippen LogP contribution in [0.1, 0.15) is 48.0 Å². The van der Waals surface area contributed by atoms with Gasteiger partial charge in [0, 0.05) is 12.1 Å². The fourth-order valence-corrected chi connectivity index (χ4v) is 1.65. The molecule has 0 radical (unpaired) electrons. The van der Waals surface area contributed by atoms with E-state index >= 15 is 0 Å². The Morgan fingerprint density at radius 3 is 1.32 bits per heavy atom. The van der Waals surface area contributed by atoms with Crippen molar-refractivity contribution in [3.63, 3.8) is 0 Å². The lowest BCUT2D eigenvalue weighted by Gasteiger charge is -2.36.